The number of rotatable bonds is 5. The number of unbranched alkanes of at least 4 members (excludes halogenated alkanes) is 2. The van der Waals surface area contributed by atoms with Gasteiger partial charge in [-0.05, 0) is 19.8 Å². The Morgan fingerprint density at radius 3 is 3.06 bits per heavy atom. The van der Waals surface area contributed by atoms with E-state index in [0.717, 1.165) is 19.3 Å². The maximum Gasteiger partial charge on any atom is 0.222 e. The van der Waals surface area contributed by atoms with Crippen LogP contribution in [0.1, 0.15) is 32.6 Å². The lowest BCUT2D eigenvalue weighted by atomic mass is 10.1. The molecule has 1 aliphatic heterocycles. The van der Waals surface area contributed by atoms with E-state index in [1.807, 2.05) is 11.8 Å². The summed E-state index contributed by atoms with van der Waals surface area (Å²) >= 11 is 0. The summed E-state index contributed by atoms with van der Waals surface area (Å²) in [5.74, 6) is 2.77. The molecule has 2 atom stereocenters. The van der Waals surface area contributed by atoms with Gasteiger partial charge in [0.1, 0.15) is 0 Å². The van der Waals surface area contributed by atoms with Crippen molar-refractivity contribution >= 4 is 5.91 Å². The molecule has 0 radical (unpaired) electrons. The first-order valence-electron chi connectivity index (χ1n) is 6.23. The minimum Gasteiger partial charge on any atom is -0.373 e. The van der Waals surface area contributed by atoms with Gasteiger partial charge in [0.05, 0.1) is 12.7 Å². The van der Waals surface area contributed by atoms with Crippen molar-refractivity contribution < 1.29 is 9.53 Å². The molecule has 4 heteroatoms. The highest BCUT2D eigenvalue weighted by atomic mass is 16.5. The van der Waals surface area contributed by atoms with Gasteiger partial charge in [0.2, 0.25) is 5.91 Å². The number of nitrogens with zero attached hydrogens (tertiary/aromatic N) is 1. The van der Waals surface area contributed by atoms with E-state index in [1.165, 1.54) is 0 Å². The summed E-state index contributed by atoms with van der Waals surface area (Å²) in [4.78, 5) is 13.8. The first-order valence-corrected chi connectivity index (χ1v) is 6.23. The zero-order valence-corrected chi connectivity index (χ0v) is 10.5. The van der Waals surface area contributed by atoms with Crippen LogP contribution < -0.4 is 5.73 Å². The molecule has 1 saturated heterocycles. The van der Waals surface area contributed by atoms with Gasteiger partial charge in [0, 0.05) is 32.0 Å². The van der Waals surface area contributed by atoms with Crippen molar-refractivity contribution in [3.8, 4) is 12.3 Å². The Labute approximate surface area is 103 Å². The van der Waals surface area contributed by atoms with Gasteiger partial charge in [-0.25, -0.2) is 0 Å². The molecule has 0 aromatic carbocycles. The number of terminal acetylenes is 1. The third-order valence-electron chi connectivity index (χ3n) is 2.99. The lowest BCUT2D eigenvalue weighted by Gasteiger charge is -2.34. The Balaban J connectivity index is 2.29. The molecule has 0 aromatic rings. The second-order valence-corrected chi connectivity index (χ2v) is 4.52. The third kappa shape index (κ3) is 4.76. The average molecular weight is 238 g/mol. The van der Waals surface area contributed by atoms with Crippen LogP contribution in [-0.4, -0.2) is 42.6 Å². The Morgan fingerprint density at radius 1 is 1.65 bits per heavy atom. The smallest absolute Gasteiger partial charge is 0.222 e. The maximum absolute atomic E-state index is 11.9. The van der Waals surface area contributed by atoms with Crippen LogP contribution in [0.5, 0.6) is 0 Å². The summed E-state index contributed by atoms with van der Waals surface area (Å²) in [6.07, 6.45) is 8.24. The highest BCUT2D eigenvalue weighted by Crippen LogP contribution is 2.10. The van der Waals surface area contributed by atoms with E-state index in [1.54, 1.807) is 0 Å². The summed E-state index contributed by atoms with van der Waals surface area (Å²) in [7, 11) is 0. The van der Waals surface area contributed by atoms with Crippen LogP contribution in [0.15, 0.2) is 0 Å². The molecule has 17 heavy (non-hydrogen) atoms. The number of hydrogen-bond acceptors (Lipinski definition) is 3. The van der Waals surface area contributed by atoms with Crippen molar-refractivity contribution in [2.75, 3.05) is 19.7 Å². The molecule has 0 bridgehead atoms. The molecule has 2 unspecified atom stereocenters. The molecule has 4 nitrogen and oxygen atoms in total. The van der Waals surface area contributed by atoms with Gasteiger partial charge in [-0.3, -0.25) is 4.79 Å². The Kier molecular flexibility index (Phi) is 6.03. The van der Waals surface area contributed by atoms with Crippen LogP contribution in [-0.2, 0) is 9.53 Å². The van der Waals surface area contributed by atoms with Crippen LogP contribution >= 0.6 is 0 Å². The monoisotopic (exact) mass is 238 g/mol. The predicted octanol–water partition coefficient (Wildman–Crippen LogP) is 0.755. The van der Waals surface area contributed by atoms with Gasteiger partial charge in [-0.1, -0.05) is 0 Å². The van der Waals surface area contributed by atoms with E-state index >= 15 is 0 Å². The summed E-state index contributed by atoms with van der Waals surface area (Å²) in [5.41, 5.74) is 5.78. The number of carbonyl (C=O) groups is 1. The quantitative estimate of drug-likeness (QED) is 0.568. The van der Waals surface area contributed by atoms with Gasteiger partial charge >= 0.3 is 0 Å². The molecule has 0 spiro atoms. The van der Waals surface area contributed by atoms with E-state index in [-0.39, 0.29) is 18.1 Å². The van der Waals surface area contributed by atoms with Crippen LogP contribution in [0.25, 0.3) is 0 Å². The number of hydrogen-bond donors (Lipinski definition) is 1. The van der Waals surface area contributed by atoms with Crippen LogP contribution in [0.3, 0.4) is 0 Å². The third-order valence-corrected chi connectivity index (χ3v) is 2.99. The summed E-state index contributed by atoms with van der Waals surface area (Å²) in [6, 6.07) is -0.0351. The second kappa shape index (κ2) is 7.31. The van der Waals surface area contributed by atoms with Crippen molar-refractivity contribution in [1.29, 1.82) is 0 Å². The van der Waals surface area contributed by atoms with Gasteiger partial charge < -0.3 is 15.4 Å². The molecule has 1 aliphatic rings. The largest absolute Gasteiger partial charge is 0.373 e. The Hall–Kier alpha value is -1.05. The number of morpholine rings is 1. The van der Waals surface area contributed by atoms with Crippen LogP contribution in [0, 0.1) is 12.3 Å². The minimum atomic E-state index is -0.0351. The van der Waals surface area contributed by atoms with Crippen molar-refractivity contribution in [1.82, 2.24) is 4.90 Å². The Morgan fingerprint density at radius 2 is 2.41 bits per heavy atom. The van der Waals surface area contributed by atoms with Gasteiger partial charge in [-0.2, -0.15) is 0 Å². The number of amides is 1. The van der Waals surface area contributed by atoms with Gasteiger partial charge in [0.15, 0.2) is 0 Å². The summed E-state index contributed by atoms with van der Waals surface area (Å²) in [5, 5.41) is 0. The summed E-state index contributed by atoms with van der Waals surface area (Å²) < 4.78 is 5.52. The number of ether oxygens (including phenoxy) is 1. The molecule has 96 valence electrons. The average Bonchev–Trinajstić information content (AvgIpc) is 2.34. The normalized spacial score (nSPS) is 21.9. The SMILES string of the molecule is C#CCCCCC(=O)N1CCOC(C(C)N)C1. The molecule has 1 heterocycles. The first kappa shape index (κ1) is 14.0. The fourth-order valence-corrected chi connectivity index (χ4v) is 1.88. The van der Waals surface area contributed by atoms with Crippen molar-refractivity contribution in [2.45, 2.75) is 44.8 Å². The molecule has 1 rings (SSSR count). The molecule has 1 fully saturated rings. The Bertz CT molecular complexity index is 284. The minimum absolute atomic E-state index is 0.0293. The fraction of sp³-hybridized carbons (Fsp3) is 0.769. The van der Waals surface area contributed by atoms with E-state index in [9.17, 15) is 4.79 Å². The molecular formula is C13H22N2O2. The standard InChI is InChI=1S/C13H22N2O2/c1-3-4-5-6-7-13(16)15-8-9-17-12(10-15)11(2)14/h1,11-12H,4-10,14H2,2H3. The van der Waals surface area contributed by atoms with Gasteiger partial charge in [0.25, 0.3) is 0 Å². The summed E-state index contributed by atoms with van der Waals surface area (Å²) in [6.45, 7) is 3.79. The van der Waals surface area contributed by atoms with Crippen molar-refractivity contribution in [2.24, 2.45) is 5.73 Å². The van der Waals surface area contributed by atoms with Crippen LogP contribution in [0.2, 0.25) is 0 Å². The molecule has 0 aromatic heterocycles. The molecule has 0 aliphatic carbocycles. The number of nitrogens with two attached hydrogens (primary N) is 1. The maximum atomic E-state index is 11.9. The number of carbonyl (C=O) groups excluding carboxylic acids is 1. The zero-order chi connectivity index (χ0) is 12.7. The van der Waals surface area contributed by atoms with E-state index in [2.05, 4.69) is 5.92 Å². The van der Waals surface area contributed by atoms with Crippen molar-refractivity contribution in [3.63, 3.8) is 0 Å². The molecule has 1 amide bonds. The second-order valence-electron chi connectivity index (χ2n) is 4.52. The van der Waals surface area contributed by atoms with E-state index in [0.29, 0.717) is 26.1 Å². The molecular weight excluding hydrogens is 216 g/mol. The molecule has 0 saturated carbocycles. The molecule has 2 N–H and O–H groups in total. The lowest BCUT2D eigenvalue weighted by molar-refractivity contribution is -0.139. The fourth-order valence-electron chi connectivity index (χ4n) is 1.88. The lowest BCUT2D eigenvalue weighted by Crippen LogP contribution is -2.51. The topological polar surface area (TPSA) is 55.6 Å². The van der Waals surface area contributed by atoms with Crippen molar-refractivity contribution in [3.05, 3.63) is 0 Å². The first-order chi connectivity index (χ1) is 8.15. The highest BCUT2D eigenvalue weighted by Gasteiger charge is 2.25. The van der Waals surface area contributed by atoms with Gasteiger partial charge in [-0.15, -0.1) is 12.3 Å². The van der Waals surface area contributed by atoms with E-state index < -0.39 is 0 Å². The predicted molar refractivity (Wildman–Crippen MR) is 67.3 cm³/mol. The van der Waals surface area contributed by atoms with E-state index in [4.69, 9.17) is 16.9 Å². The van der Waals surface area contributed by atoms with Crippen LogP contribution in [0.4, 0.5) is 0 Å². The zero-order valence-electron chi connectivity index (χ0n) is 10.5. The highest BCUT2D eigenvalue weighted by molar-refractivity contribution is 5.76.